The van der Waals surface area contributed by atoms with Crippen LogP contribution in [0.1, 0.15) is 17.9 Å². The molecule has 3 rings (SSSR count). The molecule has 0 unspecified atom stereocenters. The highest BCUT2D eigenvalue weighted by Gasteiger charge is 2.34. The Balaban J connectivity index is 0.00000243. The molecular formula is C20H24Cl2N2OS. The minimum absolute atomic E-state index is 0. The Hall–Kier alpha value is -1.20. The maximum absolute atomic E-state index is 12.6. The molecule has 26 heavy (non-hydrogen) atoms. The van der Waals surface area contributed by atoms with Gasteiger partial charge in [-0.1, -0.05) is 54.1 Å². The van der Waals surface area contributed by atoms with Gasteiger partial charge in [0.1, 0.15) is 0 Å². The number of thioether (sulfide) groups is 1. The molecule has 1 aliphatic heterocycles. The van der Waals surface area contributed by atoms with Crippen molar-refractivity contribution in [3.05, 3.63) is 65.2 Å². The predicted octanol–water partition coefficient (Wildman–Crippen LogP) is 4.44. The molecule has 0 aliphatic carbocycles. The fraction of sp³-hybridized carbons (Fsp3) is 0.350. The first-order valence-corrected chi connectivity index (χ1v) is 9.95. The van der Waals surface area contributed by atoms with E-state index in [9.17, 15) is 4.79 Å². The number of nitrogens with zero attached hydrogens (tertiary/aromatic N) is 1. The van der Waals surface area contributed by atoms with E-state index < -0.39 is 0 Å². The van der Waals surface area contributed by atoms with E-state index in [4.69, 9.17) is 17.3 Å². The molecule has 1 amide bonds. The zero-order chi connectivity index (χ0) is 17.6. The van der Waals surface area contributed by atoms with Crippen molar-refractivity contribution in [3.63, 3.8) is 0 Å². The summed E-state index contributed by atoms with van der Waals surface area (Å²) in [6.45, 7) is 2.13. The molecule has 2 atom stereocenters. The Bertz CT molecular complexity index is 714. The predicted molar refractivity (Wildman–Crippen MR) is 112 cm³/mol. The quantitative estimate of drug-likeness (QED) is 0.715. The third-order valence-corrected chi connectivity index (χ3v) is 6.25. The number of benzene rings is 2. The lowest BCUT2D eigenvalue weighted by Crippen LogP contribution is -2.30. The van der Waals surface area contributed by atoms with Crippen molar-refractivity contribution in [2.75, 3.05) is 25.4 Å². The lowest BCUT2D eigenvalue weighted by Gasteiger charge is -2.17. The van der Waals surface area contributed by atoms with Crippen LogP contribution in [0.15, 0.2) is 59.5 Å². The van der Waals surface area contributed by atoms with Crippen LogP contribution in [0.5, 0.6) is 0 Å². The molecular weight excluding hydrogens is 387 g/mol. The number of likely N-dealkylation sites (tertiary alicyclic amines) is 1. The molecule has 2 N–H and O–H groups in total. The lowest BCUT2D eigenvalue weighted by molar-refractivity contribution is -0.129. The summed E-state index contributed by atoms with van der Waals surface area (Å²) in [4.78, 5) is 15.6. The summed E-state index contributed by atoms with van der Waals surface area (Å²) in [5.41, 5.74) is 7.24. The van der Waals surface area contributed by atoms with Crippen molar-refractivity contribution in [1.29, 1.82) is 0 Å². The summed E-state index contributed by atoms with van der Waals surface area (Å²) in [5, 5.41) is 0.744. The van der Waals surface area contributed by atoms with Crippen LogP contribution in [-0.2, 0) is 4.79 Å². The number of carbonyl (C=O) groups excluding carboxylic acids is 1. The molecule has 1 saturated heterocycles. The van der Waals surface area contributed by atoms with Crippen LogP contribution in [0.4, 0.5) is 0 Å². The van der Waals surface area contributed by atoms with Crippen LogP contribution < -0.4 is 5.73 Å². The minimum Gasteiger partial charge on any atom is -0.342 e. The smallest absolute Gasteiger partial charge is 0.223 e. The monoisotopic (exact) mass is 410 g/mol. The second-order valence-corrected chi connectivity index (χ2v) is 7.88. The highest BCUT2D eigenvalue weighted by Crippen LogP contribution is 2.33. The minimum atomic E-state index is 0. The number of halogens is 2. The molecule has 6 heteroatoms. The molecule has 2 aromatic carbocycles. The number of nitrogens with two attached hydrogens (primary N) is 1. The third-order valence-electron chi connectivity index (χ3n) is 4.73. The summed E-state index contributed by atoms with van der Waals surface area (Å²) < 4.78 is 0. The van der Waals surface area contributed by atoms with Crippen LogP contribution in [-0.4, -0.2) is 36.2 Å². The van der Waals surface area contributed by atoms with E-state index in [1.54, 1.807) is 11.8 Å². The molecule has 0 bridgehead atoms. The molecule has 0 aromatic heterocycles. The van der Waals surface area contributed by atoms with Crippen LogP contribution in [0.25, 0.3) is 0 Å². The fourth-order valence-electron chi connectivity index (χ4n) is 3.36. The van der Waals surface area contributed by atoms with Gasteiger partial charge in [-0.2, -0.15) is 0 Å². The van der Waals surface area contributed by atoms with Gasteiger partial charge in [-0.3, -0.25) is 4.79 Å². The van der Waals surface area contributed by atoms with Crippen molar-refractivity contribution in [2.45, 2.75) is 17.2 Å². The Labute approximate surface area is 170 Å². The SMILES string of the molecule is Cl.NC[C@@H]1CN(C(=O)CCSc2ccccc2Cl)C[C@H]1c1ccccc1. The van der Waals surface area contributed by atoms with E-state index in [-0.39, 0.29) is 18.3 Å². The number of rotatable bonds is 6. The van der Waals surface area contributed by atoms with Gasteiger partial charge in [0.15, 0.2) is 0 Å². The van der Waals surface area contributed by atoms with Gasteiger partial charge in [0.2, 0.25) is 5.91 Å². The summed E-state index contributed by atoms with van der Waals surface area (Å²) >= 11 is 7.80. The first-order chi connectivity index (χ1) is 12.2. The molecule has 140 valence electrons. The maximum atomic E-state index is 12.6. The molecule has 1 aliphatic rings. The topological polar surface area (TPSA) is 46.3 Å². The van der Waals surface area contributed by atoms with Gasteiger partial charge in [-0.15, -0.1) is 24.2 Å². The number of carbonyl (C=O) groups is 1. The van der Waals surface area contributed by atoms with Crippen molar-refractivity contribution < 1.29 is 4.79 Å². The van der Waals surface area contributed by atoms with Crippen LogP contribution in [0.3, 0.4) is 0 Å². The number of hydrogen-bond donors (Lipinski definition) is 1. The van der Waals surface area contributed by atoms with E-state index in [1.807, 2.05) is 47.4 Å². The average Bonchev–Trinajstić information content (AvgIpc) is 3.08. The maximum Gasteiger partial charge on any atom is 0.223 e. The van der Waals surface area contributed by atoms with E-state index in [0.717, 1.165) is 28.8 Å². The summed E-state index contributed by atoms with van der Waals surface area (Å²) in [6, 6.07) is 18.1. The van der Waals surface area contributed by atoms with Crippen molar-refractivity contribution >= 4 is 41.7 Å². The van der Waals surface area contributed by atoms with Crippen LogP contribution >= 0.6 is 35.8 Å². The molecule has 2 aromatic rings. The van der Waals surface area contributed by atoms with E-state index >= 15 is 0 Å². The molecule has 0 radical (unpaired) electrons. The second-order valence-electron chi connectivity index (χ2n) is 6.34. The number of amides is 1. The first kappa shape index (κ1) is 21.1. The van der Waals surface area contributed by atoms with Crippen molar-refractivity contribution in [2.24, 2.45) is 11.7 Å². The Morgan fingerprint density at radius 1 is 1.12 bits per heavy atom. The zero-order valence-corrected chi connectivity index (χ0v) is 16.9. The zero-order valence-electron chi connectivity index (χ0n) is 14.5. The molecule has 1 fully saturated rings. The van der Waals surface area contributed by atoms with E-state index in [0.29, 0.717) is 24.8 Å². The van der Waals surface area contributed by atoms with Crippen LogP contribution in [0.2, 0.25) is 5.02 Å². The van der Waals surface area contributed by atoms with E-state index in [2.05, 4.69) is 12.1 Å². The van der Waals surface area contributed by atoms with Gasteiger partial charge in [0, 0.05) is 36.1 Å². The first-order valence-electron chi connectivity index (χ1n) is 8.59. The van der Waals surface area contributed by atoms with Gasteiger partial charge < -0.3 is 10.6 Å². The van der Waals surface area contributed by atoms with Crippen LogP contribution in [0, 0.1) is 5.92 Å². The fourth-order valence-corrected chi connectivity index (χ4v) is 4.54. The number of hydrogen-bond acceptors (Lipinski definition) is 3. The molecule has 1 heterocycles. The Morgan fingerprint density at radius 3 is 2.50 bits per heavy atom. The summed E-state index contributed by atoms with van der Waals surface area (Å²) in [7, 11) is 0. The van der Waals surface area contributed by atoms with Gasteiger partial charge in [0.05, 0.1) is 5.02 Å². The standard InChI is InChI=1S/C20H23ClN2OS.ClH/c21-18-8-4-5-9-19(18)25-11-10-20(24)23-13-16(12-22)17(14-23)15-6-2-1-3-7-15;/h1-9,16-17H,10-14,22H2;1H/t16-,17+;/m1./s1. The third kappa shape index (κ3) is 5.17. The molecule has 0 saturated carbocycles. The van der Waals surface area contributed by atoms with Crippen molar-refractivity contribution in [1.82, 2.24) is 4.90 Å². The molecule has 3 nitrogen and oxygen atoms in total. The second kappa shape index (κ2) is 10.2. The van der Waals surface area contributed by atoms with Gasteiger partial charge in [-0.25, -0.2) is 0 Å². The van der Waals surface area contributed by atoms with Crippen molar-refractivity contribution in [3.8, 4) is 0 Å². The Morgan fingerprint density at radius 2 is 1.81 bits per heavy atom. The Kier molecular flexibility index (Phi) is 8.29. The average molecular weight is 411 g/mol. The summed E-state index contributed by atoms with van der Waals surface area (Å²) in [5.74, 6) is 1.62. The molecule has 0 spiro atoms. The highest BCUT2D eigenvalue weighted by atomic mass is 35.5. The normalized spacial score (nSPS) is 19.2. The largest absolute Gasteiger partial charge is 0.342 e. The van der Waals surface area contributed by atoms with E-state index in [1.165, 1.54) is 5.56 Å². The summed E-state index contributed by atoms with van der Waals surface area (Å²) in [6.07, 6.45) is 0.523. The highest BCUT2D eigenvalue weighted by molar-refractivity contribution is 7.99. The van der Waals surface area contributed by atoms with Gasteiger partial charge in [0.25, 0.3) is 0 Å². The van der Waals surface area contributed by atoms with Gasteiger partial charge in [-0.05, 0) is 30.2 Å². The lowest BCUT2D eigenvalue weighted by atomic mass is 9.89. The van der Waals surface area contributed by atoms with Gasteiger partial charge >= 0.3 is 0 Å².